The predicted octanol–water partition coefficient (Wildman–Crippen LogP) is 3.47. The molecule has 0 spiro atoms. The van der Waals surface area contributed by atoms with E-state index in [1.165, 1.54) is 22.8 Å². The van der Waals surface area contributed by atoms with Crippen molar-refractivity contribution in [3.63, 3.8) is 0 Å². The number of allylic oxidation sites excluding steroid dienone is 3. The van der Waals surface area contributed by atoms with Gasteiger partial charge in [0, 0.05) is 8.47 Å². The SMILES string of the molecule is C=CC(=O)C(/C=C\Cc1c(C)cccc1C)=NC.[HH]. The molecular formula is C16H21NO. The van der Waals surface area contributed by atoms with Crippen LogP contribution in [0.1, 0.15) is 18.1 Å². The van der Waals surface area contributed by atoms with Crippen LogP contribution in [0.4, 0.5) is 0 Å². The average molecular weight is 243 g/mol. The van der Waals surface area contributed by atoms with Crippen LogP contribution in [0.5, 0.6) is 0 Å². The molecule has 2 nitrogen and oxygen atoms in total. The van der Waals surface area contributed by atoms with E-state index >= 15 is 0 Å². The van der Waals surface area contributed by atoms with Gasteiger partial charge in [-0.25, -0.2) is 0 Å². The van der Waals surface area contributed by atoms with E-state index in [1.807, 2.05) is 6.08 Å². The van der Waals surface area contributed by atoms with Crippen LogP contribution in [0.25, 0.3) is 0 Å². The van der Waals surface area contributed by atoms with Gasteiger partial charge in [0.2, 0.25) is 5.78 Å². The van der Waals surface area contributed by atoms with Crippen LogP contribution in [-0.4, -0.2) is 18.5 Å². The zero-order valence-corrected chi connectivity index (χ0v) is 11.2. The van der Waals surface area contributed by atoms with Crippen molar-refractivity contribution in [3.8, 4) is 0 Å². The highest BCUT2D eigenvalue weighted by Crippen LogP contribution is 2.14. The maximum Gasteiger partial charge on any atom is 0.203 e. The van der Waals surface area contributed by atoms with Crippen molar-refractivity contribution in [2.45, 2.75) is 20.3 Å². The number of hydrogen-bond acceptors (Lipinski definition) is 2. The van der Waals surface area contributed by atoms with Crippen LogP contribution < -0.4 is 0 Å². The van der Waals surface area contributed by atoms with Crippen molar-refractivity contribution < 1.29 is 6.22 Å². The van der Waals surface area contributed by atoms with Gasteiger partial charge < -0.3 is 0 Å². The quantitative estimate of drug-likeness (QED) is 0.575. The molecule has 0 saturated carbocycles. The normalized spacial score (nSPS) is 11.8. The van der Waals surface area contributed by atoms with Gasteiger partial charge in [-0.3, -0.25) is 9.79 Å². The Labute approximate surface area is 110 Å². The van der Waals surface area contributed by atoms with Gasteiger partial charge >= 0.3 is 0 Å². The van der Waals surface area contributed by atoms with Gasteiger partial charge in [0.1, 0.15) is 5.71 Å². The van der Waals surface area contributed by atoms with Crippen molar-refractivity contribution in [1.82, 2.24) is 0 Å². The van der Waals surface area contributed by atoms with Gasteiger partial charge in [0.15, 0.2) is 0 Å². The Morgan fingerprint density at radius 1 is 1.39 bits per heavy atom. The predicted molar refractivity (Wildman–Crippen MR) is 79.4 cm³/mol. The summed E-state index contributed by atoms with van der Waals surface area (Å²) in [5.41, 5.74) is 4.28. The van der Waals surface area contributed by atoms with Gasteiger partial charge in [-0.15, -0.1) is 0 Å². The van der Waals surface area contributed by atoms with Crippen LogP contribution in [-0.2, 0) is 11.2 Å². The van der Waals surface area contributed by atoms with E-state index in [-0.39, 0.29) is 7.21 Å². The molecule has 2 heteroatoms. The third-order valence-corrected chi connectivity index (χ3v) is 2.92. The summed E-state index contributed by atoms with van der Waals surface area (Å²) in [5, 5.41) is 0. The lowest BCUT2D eigenvalue weighted by molar-refractivity contribution is -0.108. The Bertz CT molecular complexity index is 495. The largest absolute Gasteiger partial charge is 0.288 e. The summed E-state index contributed by atoms with van der Waals surface area (Å²) in [6.07, 6.45) is 5.82. The highest BCUT2D eigenvalue weighted by Gasteiger charge is 2.02. The Morgan fingerprint density at radius 3 is 2.50 bits per heavy atom. The fraction of sp³-hybridized carbons (Fsp3) is 0.250. The van der Waals surface area contributed by atoms with E-state index in [2.05, 4.69) is 43.6 Å². The van der Waals surface area contributed by atoms with Crippen molar-refractivity contribution in [2.24, 2.45) is 4.99 Å². The summed E-state index contributed by atoms with van der Waals surface area (Å²) in [7, 11) is 1.61. The number of nitrogens with zero attached hydrogens (tertiary/aromatic N) is 1. The van der Waals surface area contributed by atoms with Gasteiger partial charge in [0.25, 0.3) is 0 Å². The van der Waals surface area contributed by atoms with Crippen LogP contribution in [0.2, 0.25) is 0 Å². The van der Waals surface area contributed by atoms with Crippen LogP contribution >= 0.6 is 0 Å². The fourth-order valence-corrected chi connectivity index (χ4v) is 1.83. The number of hydrogen-bond donors (Lipinski definition) is 0. The number of ketones is 1. The molecule has 0 aliphatic rings. The molecule has 18 heavy (non-hydrogen) atoms. The van der Waals surface area contributed by atoms with Crippen molar-refractivity contribution >= 4 is 11.5 Å². The summed E-state index contributed by atoms with van der Waals surface area (Å²) in [4.78, 5) is 15.4. The highest BCUT2D eigenvalue weighted by molar-refractivity contribution is 6.47. The first-order valence-electron chi connectivity index (χ1n) is 5.95. The van der Waals surface area contributed by atoms with Gasteiger partial charge in [-0.1, -0.05) is 30.9 Å². The zero-order chi connectivity index (χ0) is 13.5. The fourth-order valence-electron chi connectivity index (χ4n) is 1.83. The molecule has 0 N–H and O–H groups in total. The zero-order valence-electron chi connectivity index (χ0n) is 11.2. The Kier molecular flexibility index (Phi) is 5.25. The van der Waals surface area contributed by atoms with E-state index in [0.29, 0.717) is 5.71 Å². The second-order valence-electron chi connectivity index (χ2n) is 4.15. The first-order valence-corrected chi connectivity index (χ1v) is 5.95. The minimum absolute atomic E-state index is 0. The number of rotatable bonds is 5. The number of aliphatic imine (C=N–C) groups is 1. The molecule has 0 unspecified atom stereocenters. The summed E-state index contributed by atoms with van der Waals surface area (Å²) < 4.78 is 0. The molecular weight excluding hydrogens is 222 g/mol. The van der Waals surface area contributed by atoms with Crippen LogP contribution in [0.15, 0.2) is 48.0 Å². The summed E-state index contributed by atoms with van der Waals surface area (Å²) >= 11 is 0. The standard InChI is InChI=1S/C16H19NO.H2/c1-5-16(18)15(17-4)11-7-10-14-12(2)8-6-9-13(14)3;/h5-9,11H,1,10H2,2-4H3;1H/b11-7-,17-15?;. The maximum atomic E-state index is 11.4. The van der Waals surface area contributed by atoms with E-state index in [9.17, 15) is 4.79 Å². The molecule has 0 fully saturated rings. The van der Waals surface area contributed by atoms with E-state index < -0.39 is 0 Å². The third kappa shape index (κ3) is 3.52. The maximum absolute atomic E-state index is 11.4. The number of carbonyl (C=O) groups is 1. The average Bonchev–Trinajstić information content (AvgIpc) is 2.37. The monoisotopic (exact) mass is 243 g/mol. The lowest BCUT2D eigenvalue weighted by Crippen LogP contribution is -2.07. The van der Waals surface area contributed by atoms with Crippen LogP contribution in [0, 0.1) is 13.8 Å². The Morgan fingerprint density at radius 2 is 2.00 bits per heavy atom. The number of carbonyl (C=O) groups excluding carboxylic acids is 1. The molecule has 0 saturated heterocycles. The molecule has 0 atom stereocenters. The summed E-state index contributed by atoms with van der Waals surface area (Å²) in [6, 6.07) is 6.25. The molecule has 1 aromatic carbocycles. The molecule has 0 heterocycles. The topological polar surface area (TPSA) is 29.4 Å². The second kappa shape index (κ2) is 6.70. The third-order valence-electron chi connectivity index (χ3n) is 2.92. The number of benzene rings is 1. The molecule has 0 radical (unpaired) electrons. The highest BCUT2D eigenvalue weighted by atomic mass is 16.1. The summed E-state index contributed by atoms with van der Waals surface area (Å²) in [6.45, 7) is 7.65. The van der Waals surface area contributed by atoms with Gasteiger partial charge in [-0.2, -0.15) is 0 Å². The second-order valence-corrected chi connectivity index (χ2v) is 4.15. The molecule has 0 bridgehead atoms. The van der Waals surface area contributed by atoms with Crippen molar-refractivity contribution in [2.75, 3.05) is 7.05 Å². The first-order chi connectivity index (χ1) is 8.60. The van der Waals surface area contributed by atoms with Crippen LogP contribution in [0.3, 0.4) is 0 Å². The molecule has 0 amide bonds. The first kappa shape index (κ1) is 14.1. The van der Waals surface area contributed by atoms with E-state index in [4.69, 9.17) is 0 Å². The van der Waals surface area contributed by atoms with E-state index in [1.54, 1.807) is 13.1 Å². The van der Waals surface area contributed by atoms with E-state index in [0.717, 1.165) is 6.42 Å². The number of aryl methyl sites for hydroxylation is 2. The minimum atomic E-state index is -0.143. The molecule has 0 aliphatic heterocycles. The smallest absolute Gasteiger partial charge is 0.203 e. The molecule has 1 rings (SSSR count). The minimum Gasteiger partial charge on any atom is -0.288 e. The molecule has 96 valence electrons. The van der Waals surface area contributed by atoms with Gasteiger partial charge in [-0.05, 0) is 49.1 Å². The summed E-state index contributed by atoms with van der Waals surface area (Å²) in [5.74, 6) is -0.143. The molecule has 1 aromatic rings. The Hall–Kier alpha value is -1.96. The molecule has 0 aliphatic carbocycles. The van der Waals surface area contributed by atoms with Gasteiger partial charge in [0.05, 0.1) is 0 Å². The Balaban J connectivity index is 0.00000324. The van der Waals surface area contributed by atoms with Crippen molar-refractivity contribution in [1.29, 1.82) is 0 Å². The lowest BCUT2D eigenvalue weighted by Gasteiger charge is -2.06. The van der Waals surface area contributed by atoms with Crippen molar-refractivity contribution in [3.05, 3.63) is 59.7 Å². The lowest BCUT2D eigenvalue weighted by atomic mass is 10.00. The molecule has 0 aromatic heterocycles.